The molecule has 0 atom stereocenters. The van der Waals surface area contributed by atoms with Crippen LogP contribution >= 0.6 is 11.6 Å². The molecule has 0 unspecified atom stereocenters. The van der Waals surface area contributed by atoms with Gasteiger partial charge in [0.25, 0.3) is 0 Å². The number of amides is 1. The van der Waals surface area contributed by atoms with Crippen LogP contribution in [0.1, 0.15) is 50.1 Å². The molecule has 1 saturated carbocycles. The summed E-state index contributed by atoms with van der Waals surface area (Å²) in [4.78, 5) is 25.9. The van der Waals surface area contributed by atoms with Crippen LogP contribution in [-0.4, -0.2) is 44.7 Å². The van der Waals surface area contributed by atoms with E-state index in [2.05, 4.69) is 20.2 Å². The average Bonchev–Trinajstić information content (AvgIpc) is 3.19. The highest BCUT2D eigenvalue weighted by atomic mass is 35.5. The SMILES string of the molecule is Cc1ccc(Nc2nc3cnc(NC4CCOCC4)nc3n2[C@H]2CC[C@@H](C(N)=O)CC2)c(Cl)c1. The van der Waals surface area contributed by atoms with E-state index in [1.54, 1.807) is 6.20 Å². The van der Waals surface area contributed by atoms with Gasteiger partial charge in [-0.05, 0) is 63.1 Å². The highest BCUT2D eigenvalue weighted by molar-refractivity contribution is 6.33. The molecule has 34 heavy (non-hydrogen) atoms. The summed E-state index contributed by atoms with van der Waals surface area (Å²) in [6, 6.07) is 6.31. The first-order chi connectivity index (χ1) is 16.5. The van der Waals surface area contributed by atoms with Gasteiger partial charge in [0.05, 0.1) is 16.9 Å². The summed E-state index contributed by atoms with van der Waals surface area (Å²) in [5.74, 6) is 0.963. The third kappa shape index (κ3) is 4.81. The molecule has 2 fully saturated rings. The predicted octanol–water partition coefficient (Wildman–Crippen LogP) is 4.34. The second-order valence-electron chi connectivity index (χ2n) is 9.25. The molecule has 3 aromatic rings. The first-order valence-corrected chi connectivity index (χ1v) is 12.3. The summed E-state index contributed by atoms with van der Waals surface area (Å²) >= 11 is 6.50. The lowest BCUT2D eigenvalue weighted by Gasteiger charge is -2.29. The highest BCUT2D eigenvalue weighted by Gasteiger charge is 2.29. The van der Waals surface area contributed by atoms with Gasteiger partial charge in [0.15, 0.2) is 5.65 Å². The molecular weight excluding hydrogens is 454 g/mol. The number of imidazole rings is 1. The molecule has 1 aromatic carbocycles. The number of primary amides is 1. The van der Waals surface area contributed by atoms with Crippen LogP contribution in [-0.2, 0) is 9.53 Å². The minimum absolute atomic E-state index is 0.0747. The lowest BCUT2D eigenvalue weighted by molar-refractivity contribution is -0.122. The maximum atomic E-state index is 11.7. The molecular formula is C24H30ClN7O2. The summed E-state index contributed by atoms with van der Waals surface area (Å²) in [6.45, 7) is 3.49. The molecule has 0 bridgehead atoms. The van der Waals surface area contributed by atoms with Gasteiger partial charge in [-0.1, -0.05) is 17.7 Å². The van der Waals surface area contributed by atoms with Crippen molar-refractivity contribution < 1.29 is 9.53 Å². The molecule has 1 aliphatic carbocycles. The third-order valence-corrected chi connectivity index (χ3v) is 7.14. The van der Waals surface area contributed by atoms with E-state index in [0.717, 1.165) is 68.6 Å². The van der Waals surface area contributed by atoms with Crippen molar-refractivity contribution in [3.63, 3.8) is 0 Å². The monoisotopic (exact) mass is 483 g/mol. The first kappa shape index (κ1) is 22.9. The summed E-state index contributed by atoms with van der Waals surface area (Å²) in [6.07, 6.45) is 6.76. The number of benzene rings is 1. The Morgan fingerprint density at radius 1 is 1.15 bits per heavy atom. The number of halogens is 1. The van der Waals surface area contributed by atoms with E-state index >= 15 is 0 Å². The minimum Gasteiger partial charge on any atom is -0.381 e. The molecule has 10 heteroatoms. The van der Waals surface area contributed by atoms with Crippen molar-refractivity contribution in [2.24, 2.45) is 11.7 Å². The van der Waals surface area contributed by atoms with E-state index < -0.39 is 0 Å². The normalized spacial score (nSPS) is 21.5. The van der Waals surface area contributed by atoms with Gasteiger partial charge in [-0.25, -0.2) is 9.97 Å². The summed E-state index contributed by atoms with van der Waals surface area (Å²) in [7, 11) is 0. The lowest BCUT2D eigenvalue weighted by Crippen LogP contribution is -2.29. The molecule has 1 aliphatic heterocycles. The Hall–Kier alpha value is -2.91. The van der Waals surface area contributed by atoms with Crippen LogP contribution in [0.25, 0.3) is 11.2 Å². The van der Waals surface area contributed by atoms with E-state index in [0.29, 0.717) is 22.4 Å². The second-order valence-corrected chi connectivity index (χ2v) is 9.66. The van der Waals surface area contributed by atoms with Gasteiger partial charge < -0.3 is 21.1 Å². The van der Waals surface area contributed by atoms with Crippen LogP contribution in [0.4, 0.5) is 17.6 Å². The number of nitrogens with two attached hydrogens (primary N) is 1. The van der Waals surface area contributed by atoms with Gasteiger partial charge in [-0.15, -0.1) is 0 Å². The number of ether oxygens (including phenoxy) is 1. The fourth-order valence-electron chi connectivity index (χ4n) is 4.88. The number of fused-ring (bicyclic) bond motifs is 1. The number of nitrogens with one attached hydrogen (secondary N) is 2. The van der Waals surface area contributed by atoms with Gasteiger partial charge in [-0.3, -0.25) is 9.36 Å². The van der Waals surface area contributed by atoms with Crippen molar-refractivity contribution in [1.82, 2.24) is 19.5 Å². The van der Waals surface area contributed by atoms with Crippen LogP contribution in [0, 0.1) is 12.8 Å². The van der Waals surface area contributed by atoms with Gasteiger partial charge in [0, 0.05) is 31.2 Å². The van der Waals surface area contributed by atoms with E-state index in [9.17, 15) is 4.79 Å². The number of carbonyl (C=O) groups is 1. The van der Waals surface area contributed by atoms with E-state index in [1.807, 2.05) is 25.1 Å². The molecule has 1 saturated heterocycles. The minimum atomic E-state index is -0.219. The molecule has 2 aliphatic rings. The number of aromatic nitrogens is 4. The second kappa shape index (κ2) is 9.76. The Labute approximate surface area is 203 Å². The third-order valence-electron chi connectivity index (χ3n) is 6.82. The predicted molar refractivity (Wildman–Crippen MR) is 132 cm³/mol. The van der Waals surface area contributed by atoms with Gasteiger partial charge >= 0.3 is 0 Å². The zero-order valence-corrected chi connectivity index (χ0v) is 20.0. The quantitative estimate of drug-likeness (QED) is 0.477. The van der Waals surface area contributed by atoms with Crippen molar-refractivity contribution in [1.29, 1.82) is 0 Å². The van der Waals surface area contributed by atoms with Crippen molar-refractivity contribution >= 4 is 46.3 Å². The fraction of sp³-hybridized carbons (Fsp3) is 0.500. The Bertz CT molecular complexity index is 1180. The van der Waals surface area contributed by atoms with Crippen molar-refractivity contribution in [3.8, 4) is 0 Å². The van der Waals surface area contributed by atoms with Crippen LogP contribution in [0.3, 0.4) is 0 Å². The first-order valence-electron chi connectivity index (χ1n) is 11.9. The van der Waals surface area contributed by atoms with Crippen molar-refractivity contribution in [3.05, 3.63) is 35.0 Å². The summed E-state index contributed by atoms with van der Waals surface area (Å²) in [5.41, 5.74) is 8.91. The van der Waals surface area contributed by atoms with E-state index in [4.69, 9.17) is 32.0 Å². The highest BCUT2D eigenvalue weighted by Crippen LogP contribution is 2.37. The average molecular weight is 484 g/mol. The van der Waals surface area contributed by atoms with Gasteiger partial charge in [-0.2, -0.15) is 4.98 Å². The van der Waals surface area contributed by atoms with Crippen LogP contribution in [0.5, 0.6) is 0 Å². The van der Waals surface area contributed by atoms with Crippen molar-refractivity contribution in [2.75, 3.05) is 23.8 Å². The van der Waals surface area contributed by atoms with Crippen LogP contribution in [0.15, 0.2) is 24.4 Å². The Morgan fingerprint density at radius 2 is 1.91 bits per heavy atom. The smallest absolute Gasteiger partial charge is 0.224 e. The van der Waals surface area contributed by atoms with Crippen LogP contribution < -0.4 is 16.4 Å². The molecule has 5 rings (SSSR count). The molecule has 2 aromatic heterocycles. The molecule has 180 valence electrons. The van der Waals surface area contributed by atoms with Gasteiger partial charge in [0.2, 0.25) is 17.8 Å². The lowest BCUT2D eigenvalue weighted by atomic mass is 9.85. The molecule has 4 N–H and O–H groups in total. The van der Waals surface area contributed by atoms with Crippen molar-refractivity contribution in [2.45, 2.75) is 57.5 Å². The topological polar surface area (TPSA) is 120 Å². The molecule has 9 nitrogen and oxygen atoms in total. The molecule has 1 amide bonds. The van der Waals surface area contributed by atoms with Crippen LogP contribution in [0.2, 0.25) is 5.02 Å². The number of aryl methyl sites for hydroxylation is 1. The summed E-state index contributed by atoms with van der Waals surface area (Å²) < 4.78 is 7.60. The number of nitrogens with zero attached hydrogens (tertiary/aromatic N) is 4. The van der Waals surface area contributed by atoms with Gasteiger partial charge in [0.1, 0.15) is 5.52 Å². The summed E-state index contributed by atoms with van der Waals surface area (Å²) in [5, 5.41) is 7.50. The Morgan fingerprint density at radius 3 is 2.62 bits per heavy atom. The zero-order chi connectivity index (χ0) is 23.7. The van der Waals surface area contributed by atoms with E-state index in [1.165, 1.54) is 0 Å². The number of rotatable bonds is 6. The Balaban J connectivity index is 1.50. The molecule has 3 heterocycles. The number of hydrogen-bond donors (Lipinski definition) is 3. The standard InChI is InChI=1S/C24H30ClN7O2/c1-14-2-7-19(18(25)12-14)29-24-30-20-13-27-23(28-16-8-10-34-11-9-16)31-22(20)32(24)17-5-3-15(4-6-17)21(26)33/h2,7,12-13,15-17H,3-6,8-11H2,1H3,(H2,26,33)(H,29,30)(H,27,28,31)/t15-,17+. The number of anilines is 3. The fourth-order valence-corrected chi connectivity index (χ4v) is 5.16. The van der Waals surface area contributed by atoms with E-state index in [-0.39, 0.29) is 23.9 Å². The largest absolute Gasteiger partial charge is 0.381 e. The molecule has 0 radical (unpaired) electrons. The number of carbonyl (C=O) groups excluding carboxylic acids is 1. The molecule has 0 spiro atoms. The maximum absolute atomic E-state index is 11.7. The maximum Gasteiger partial charge on any atom is 0.224 e. The Kier molecular flexibility index (Phi) is 6.56. The zero-order valence-electron chi connectivity index (χ0n) is 19.3. The number of hydrogen-bond acceptors (Lipinski definition) is 7.